The van der Waals surface area contributed by atoms with E-state index in [0.717, 1.165) is 11.6 Å². The fourth-order valence-corrected chi connectivity index (χ4v) is 2.28. The van der Waals surface area contributed by atoms with Crippen LogP contribution in [0.4, 0.5) is 14.6 Å². The Kier molecular flexibility index (Phi) is 4.33. The standard InChI is InChI=1S/C17H14F2N4O/c1-23-10-13(9-21-23)17(24)22-16-3-2-11(8-20-16)4-12-5-14(18)7-15(19)6-12/h2-3,5-10H,4H2,1H3,(H,20,22,24). The van der Waals surface area contributed by atoms with E-state index < -0.39 is 11.6 Å². The molecule has 3 rings (SSSR count). The maximum Gasteiger partial charge on any atom is 0.260 e. The predicted octanol–water partition coefficient (Wildman–Crippen LogP) is 2.94. The number of hydrogen-bond donors (Lipinski definition) is 1. The molecule has 0 aliphatic heterocycles. The van der Waals surface area contributed by atoms with Gasteiger partial charge in [-0.2, -0.15) is 5.10 Å². The summed E-state index contributed by atoms with van der Waals surface area (Å²) in [6.45, 7) is 0. The minimum atomic E-state index is -0.613. The molecular weight excluding hydrogens is 314 g/mol. The molecule has 7 heteroatoms. The van der Waals surface area contributed by atoms with E-state index in [0.29, 0.717) is 23.4 Å². The smallest absolute Gasteiger partial charge is 0.260 e. The van der Waals surface area contributed by atoms with Crippen molar-refractivity contribution >= 4 is 11.7 Å². The van der Waals surface area contributed by atoms with E-state index in [2.05, 4.69) is 15.4 Å². The van der Waals surface area contributed by atoms with E-state index in [4.69, 9.17) is 0 Å². The molecule has 0 atom stereocenters. The van der Waals surface area contributed by atoms with E-state index in [1.54, 1.807) is 31.6 Å². The van der Waals surface area contributed by atoms with Crippen molar-refractivity contribution in [1.29, 1.82) is 0 Å². The molecule has 5 nitrogen and oxygen atoms in total. The van der Waals surface area contributed by atoms with Gasteiger partial charge in [-0.3, -0.25) is 9.48 Å². The van der Waals surface area contributed by atoms with Gasteiger partial charge in [0.15, 0.2) is 0 Å². The Hall–Kier alpha value is -3.09. The molecule has 0 radical (unpaired) electrons. The fraction of sp³-hybridized carbons (Fsp3) is 0.118. The molecule has 122 valence electrons. The van der Waals surface area contributed by atoms with E-state index in [1.165, 1.54) is 23.0 Å². The van der Waals surface area contributed by atoms with Gasteiger partial charge in [-0.05, 0) is 35.7 Å². The second-order valence-corrected chi connectivity index (χ2v) is 5.36. The quantitative estimate of drug-likeness (QED) is 0.801. The molecule has 1 amide bonds. The Bertz CT molecular complexity index is 854. The van der Waals surface area contributed by atoms with Crippen LogP contribution < -0.4 is 5.32 Å². The van der Waals surface area contributed by atoms with Gasteiger partial charge >= 0.3 is 0 Å². The topological polar surface area (TPSA) is 59.8 Å². The molecule has 0 unspecified atom stereocenters. The van der Waals surface area contributed by atoms with Crippen LogP contribution in [-0.2, 0) is 13.5 Å². The molecule has 2 aromatic heterocycles. The maximum atomic E-state index is 13.2. The second kappa shape index (κ2) is 6.57. The van der Waals surface area contributed by atoms with Crippen molar-refractivity contribution in [2.24, 2.45) is 7.05 Å². The number of aromatic nitrogens is 3. The van der Waals surface area contributed by atoms with Crippen molar-refractivity contribution in [3.05, 3.63) is 77.2 Å². The van der Waals surface area contributed by atoms with Crippen molar-refractivity contribution in [3.8, 4) is 0 Å². The fourth-order valence-electron chi connectivity index (χ4n) is 2.28. The maximum absolute atomic E-state index is 13.2. The number of amides is 1. The minimum absolute atomic E-state index is 0.310. The highest BCUT2D eigenvalue weighted by Gasteiger charge is 2.09. The number of nitrogens with zero attached hydrogens (tertiary/aromatic N) is 3. The number of carbonyl (C=O) groups is 1. The Morgan fingerprint density at radius 1 is 1.12 bits per heavy atom. The Balaban J connectivity index is 1.68. The number of pyridine rings is 1. The highest BCUT2D eigenvalue weighted by molar-refractivity contribution is 6.03. The van der Waals surface area contributed by atoms with Gasteiger partial charge in [-0.1, -0.05) is 6.07 Å². The van der Waals surface area contributed by atoms with Gasteiger partial charge in [0, 0.05) is 25.5 Å². The van der Waals surface area contributed by atoms with Gasteiger partial charge in [-0.25, -0.2) is 13.8 Å². The molecule has 0 spiro atoms. The summed E-state index contributed by atoms with van der Waals surface area (Å²) < 4.78 is 27.9. The van der Waals surface area contributed by atoms with Crippen LogP contribution in [0.2, 0.25) is 0 Å². The van der Waals surface area contributed by atoms with Crippen LogP contribution in [0.25, 0.3) is 0 Å². The van der Waals surface area contributed by atoms with Gasteiger partial charge in [0.05, 0.1) is 11.8 Å². The summed E-state index contributed by atoms with van der Waals surface area (Å²) in [7, 11) is 1.72. The zero-order chi connectivity index (χ0) is 17.1. The number of hydrogen-bond acceptors (Lipinski definition) is 3. The van der Waals surface area contributed by atoms with Crippen LogP contribution in [-0.4, -0.2) is 20.7 Å². The summed E-state index contributed by atoms with van der Waals surface area (Å²) in [5.41, 5.74) is 1.72. The SMILES string of the molecule is Cn1cc(C(=O)Nc2ccc(Cc3cc(F)cc(F)c3)cn2)cn1. The Morgan fingerprint density at radius 2 is 1.88 bits per heavy atom. The summed E-state index contributed by atoms with van der Waals surface area (Å²) in [6, 6.07) is 6.77. The summed E-state index contributed by atoms with van der Waals surface area (Å²) in [4.78, 5) is 16.1. The van der Waals surface area contributed by atoms with E-state index >= 15 is 0 Å². The van der Waals surface area contributed by atoms with Gasteiger partial charge in [0.2, 0.25) is 0 Å². The van der Waals surface area contributed by atoms with Crippen LogP contribution in [0.5, 0.6) is 0 Å². The average molecular weight is 328 g/mol. The molecule has 0 bridgehead atoms. The first-order valence-corrected chi connectivity index (χ1v) is 7.19. The number of carbonyl (C=O) groups excluding carboxylic acids is 1. The largest absolute Gasteiger partial charge is 0.306 e. The third kappa shape index (κ3) is 3.81. The second-order valence-electron chi connectivity index (χ2n) is 5.36. The van der Waals surface area contributed by atoms with Crippen LogP contribution in [0.1, 0.15) is 21.5 Å². The summed E-state index contributed by atoms with van der Waals surface area (Å²) in [6.07, 6.45) is 4.96. The van der Waals surface area contributed by atoms with Crippen LogP contribution >= 0.6 is 0 Å². The minimum Gasteiger partial charge on any atom is -0.306 e. The van der Waals surface area contributed by atoms with Crippen LogP contribution in [0, 0.1) is 11.6 Å². The number of aryl methyl sites for hydroxylation is 1. The van der Waals surface area contributed by atoms with Gasteiger partial charge < -0.3 is 5.32 Å². The third-order valence-corrected chi connectivity index (χ3v) is 3.36. The van der Waals surface area contributed by atoms with Crippen molar-refractivity contribution in [2.75, 3.05) is 5.32 Å². The monoisotopic (exact) mass is 328 g/mol. The van der Waals surface area contributed by atoms with Crippen LogP contribution in [0.15, 0.2) is 48.9 Å². The molecule has 0 aliphatic carbocycles. The van der Waals surface area contributed by atoms with Crippen molar-refractivity contribution < 1.29 is 13.6 Å². The lowest BCUT2D eigenvalue weighted by molar-refractivity contribution is 0.102. The number of rotatable bonds is 4. The van der Waals surface area contributed by atoms with Crippen molar-refractivity contribution in [2.45, 2.75) is 6.42 Å². The first-order valence-electron chi connectivity index (χ1n) is 7.19. The van der Waals surface area contributed by atoms with Crippen molar-refractivity contribution in [3.63, 3.8) is 0 Å². The normalized spacial score (nSPS) is 10.6. The molecule has 0 saturated heterocycles. The van der Waals surface area contributed by atoms with Crippen molar-refractivity contribution in [1.82, 2.24) is 14.8 Å². The van der Waals surface area contributed by atoms with E-state index in [1.807, 2.05) is 0 Å². The third-order valence-electron chi connectivity index (χ3n) is 3.36. The number of anilines is 1. The molecule has 0 fully saturated rings. The molecule has 3 aromatic rings. The lowest BCUT2D eigenvalue weighted by Crippen LogP contribution is -2.12. The number of benzene rings is 1. The van der Waals surface area contributed by atoms with Gasteiger partial charge in [0.1, 0.15) is 17.5 Å². The first kappa shape index (κ1) is 15.8. The summed E-state index contributed by atoms with van der Waals surface area (Å²) >= 11 is 0. The Morgan fingerprint density at radius 3 is 2.46 bits per heavy atom. The first-order chi connectivity index (χ1) is 11.5. The molecule has 1 N–H and O–H groups in total. The lowest BCUT2D eigenvalue weighted by atomic mass is 10.1. The molecular formula is C17H14F2N4O. The van der Waals surface area contributed by atoms with E-state index in [-0.39, 0.29) is 5.91 Å². The predicted molar refractivity (Wildman–Crippen MR) is 84.6 cm³/mol. The zero-order valence-electron chi connectivity index (χ0n) is 12.8. The highest BCUT2D eigenvalue weighted by atomic mass is 19.1. The van der Waals surface area contributed by atoms with Crippen LogP contribution in [0.3, 0.4) is 0 Å². The van der Waals surface area contributed by atoms with E-state index in [9.17, 15) is 13.6 Å². The molecule has 0 saturated carbocycles. The summed E-state index contributed by atoms with van der Waals surface area (Å²) in [5, 5.41) is 6.59. The summed E-state index contributed by atoms with van der Waals surface area (Å²) in [5.74, 6) is -1.15. The molecule has 2 heterocycles. The Labute approximate surface area is 137 Å². The lowest BCUT2D eigenvalue weighted by Gasteiger charge is -2.05. The number of nitrogens with one attached hydrogen (secondary N) is 1. The van der Waals surface area contributed by atoms with Gasteiger partial charge in [0.25, 0.3) is 5.91 Å². The average Bonchev–Trinajstić information content (AvgIpc) is 2.95. The van der Waals surface area contributed by atoms with Gasteiger partial charge in [-0.15, -0.1) is 0 Å². The molecule has 1 aromatic carbocycles. The molecule has 0 aliphatic rings. The number of halogens is 2. The highest BCUT2D eigenvalue weighted by Crippen LogP contribution is 2.14. The zero-order valence-corrected chi connectivity index (χ0v) is 12.8. The molecule has 24 heavy (non-hydrogen) atoms.